The molecule has 0 rings (SSSR count). The van der Waals surface area contributed by atoms with Gasteiger partial charge in [-0.25, -0.2) is 4.79 Å². The summed E-state index contributed by atoms with van der Waals surface area (Å²) in [7, 11) is 1.58. The van der Waals surface area contributed by atoms with E-state index in [4.69, 9.17) is 4.74 Å². The molecule has 0 aliphatic rings. The minimum Gasteiger partial charge on any atom is -0.446 e. The number of carbonyl (C=O) groups excluding carboxylic acids is 1. The molecule has 3 heteroatoms. The van der Waals surface area contributed by atoms with Crippen molar-refractivity contribution in [2.24, 2.45) is 0 Å². The molecular formula is C10H21NO2. The highest BCUT2D eigenvalue weighted by molar-refractivity contribution is 5.66. The summed E-state index contributed by atoms with van der Waals surface area (Å²) < 4.78 is 5.15. The molecule has 0 aromatic carbocycles. The van der Waals surface area contributed by atoms with Gasteiger partial charge in [0.15, 0.2) is 0 Å². The Morgan fingerprint density at radius 1 is 1.38 bits per heavy atom. The first-order chi connectivity index (χ1) is 6.24. The Balaban J connectivity index is 3.56. The van der Waals surface area contributed by atoms with Gasteiger partial charge in [-0.15, -0.1) is 0 Å². The minimum atomic E-state index is -0.316. The van der Waals surface area contributed by atoms with Crippen molar-refractivity contribution in [3.8, 4) is 0 Å². The van der Waals surface area contributed by atoms with Crippen LogP contribution >= 0.6 is 0 Å². The van der Waals surface area contributed by atoms with Gasteiger partial charge in [0.1, 0.15) is 6.10 Å². The predicted octanol–water partition coefficient (Wildman–Crippen LogP) is 2.70. The number of hydrogen-bond acceptors (Lipinski definition) is 2. The van der Waals surface area contributed by atoms with Gasteiger partial charge in [-0.2, -0.15) is 0 Å². The number of carbonyl (C=O) groups is 1. The van der Waals surface area contributed by atoms with Gasteiger partial charge in [-0.3, -0.25) is 0 Å². The van der Waals surface area contributed by atoms with Crippen molar-refractivity contribution in [1.82, 2.24) is 5.32 Å². The van der Waals surface area contributed by atoms with Crippen LogP contribution in [0.1, 0.15) is 46.0 Å². The summed E-state index contributed by atoms with van der Waals surface area (Å²) in [6, 6.07) is 0. The summed E-state index contributed by atoms with van der Waals surface area (Å²) in [5, 5.41) is 2.46. The molecule has 1 N–H and O–H groups in total. The fraction of sp³-hybridized carbons (Fsp3) is 0.900. The number of unbranched alkanes of at least 4 members (excludes halogenated alkanes) is 2. The van der Waals surface area contributed by atoms with Crippen LogP contribution in [-0.2, 0) is 4.74 Å². The van der Waals surface area contributed by atoms with Crippen molar-refractivity contribution in [3.05, 3.63) is 0 Å². The lowest BCUT2D eigenvalue weighted by atomic mass is 10.1. The molecule has 1 amide bonds. The second-order valence-corrected chi connectivity index (χ2v) is 3.18. The molecule has 0 aromatic heterocycles. The normalized spacial score (nSPS) is 12.2. The van der Waals surface area contributed by atoms with Gasteiger partial charge in [0, 0.05) is 7.05 Å². The highest BCUT2D eigenvalue weighted by atomic mass is 16.6. The maximum Gasteiger partial charge on any atom is 0.407 e. The lowest BCUT2D eigenvalue weighted by Gasteiger charge is -2.15. The van der Waals surface area contributed by atoms with E-state index in [9.17, 15) is 4.79 Å². The van der Waals surface area contributed by atoms with Crippen LogP contribution < -0.4 is 5.32 Å². The Hall–Kier alpha value is -0.730. The van der Waals surface area contributed by atoms with E-state index in [-0.39, 0.29) is 12.2 Å². The molecule has 0 saturated carbocycles. The number of alkyl carbamates (subject to hydrolysis) is 1. The smallest absolute Gasteiger partial charge is 0.407 e. The second kappa shape index (κ2) is 7.90. The molecule has 0 saturated heterocycles. The Kier molecular flexibility index (Phi) is 7.45. The van der Waals surface area contributed by atoms with Crippen LogP contribution in [0.5, 0.6) is 0 Å². The van der Waals surface area contributed by atoms with Gasteiger partial charge >= 0.3 is 6.09 Å². The largest absolute Gasteiger partial charge is 0.446 e. The average Bonchev–Trinajstić information content (AvgIpc) is 2.16. The molecular weight excluding hydrogens is 166 g/mol. The monoisotopic (exact) mass is 187 g/mol. The summed E-state index contributed by atoms with van der Waals surface area (Å²) in [5.41, 5.74) is 0. The number of hydrogen-bond donors (Lipinski definition) is 1. The van der Waals surface area contributed by atoms with E-state index in [1.165, 1.54) is 12.8 Å². The zero-order chi connectivity index (χ0) is 10.1. The molecule has 0 bridgehead atoms. The molecule has 0 heterocycles. The molecule has 1 unspecified atom stereocenters. The van der Waals surface area contributed by atoms with Crippen LogP contribution in [0, 0.1) is 0 Å². The molecule has 13 heavy (non-hydrogen) atoms. The van der Waals surface area contributed by atoms with Gasteiger partial charge in [-0.1, -0.05) is 26.7 Å². The third kappa shape index (κ3) is 6.43. The fourth-order valence-electron chi connectivity index (χ4n) is 1.18. The number of nitrogens with one attached hydrogen (secondary N) is 1. The highest BCUT2D eigenvalue weighted by Gasteiger charge is 2.09. The fourth-order valence-corrected chi connectivity index (χ4v) is 1.18. The number of rotatable bonds is 6. The van der Waals surface area contributed by atoms with E-state index < -0.39 is 0 Å². The highest BCUT2D eigenvalue weighted by Crippen LogP contribution is 2.09. The van der Waals surface area contributed by atoms with Gasteiger partial charge in [0.2, 0.25) is 0 Å². The molecule has 1 atom stereocenters. The number of ether oxygens (including phenoxy) is 1. The SMILES string of the molecule is CCCCCC(CC)OC(=O)NC. The molecule has 0 aliphatic carbocycles. The maximum atomic E-state index is 10.9. The topological polar surface area (TPSA) is 38.3 Å². The van der Waals surface area contributed by atoms with Gasteiger partial charge in [0.05, 0.1) is 0 Å². The first-order valence-corrected chi connectivity index (χ1v) is 5.12. The Morgan fingerprint density at radius 3 is 2.54 bits per heavy atom. The zero-order valence-electron chi connectivity index (χ0n) is 8.93. The summed E-state index contributed by atoms with van der Waals surface area (Å²) in [4.78, 5) is 10.9. The Morgan fingerprint density at radius 2 is 2.08 bits per heavy atom. The van der Waals surface area contributed by atoms with Crippen molar-refractivity contribution in [3.63, 3.8) is 0 Å². The minimum absolute atomic E-state index is 0.0894. The second-order valence-electron chi connectivity index (χ2n) is 3.18. The molecule has 0 aliphatic heterocycles. The summed E-state index contributed by atoms with van der Waals surface area (Å²) >= 11 is 0. The lowest BCUT2D eigenvalue weighted by molar-refractivity contribution is 0.0904. The Labute approximate surface area is 80.8 Å². The van der Waals surface area contributed by atoms with Crippen LogP contribution in [0.2, 0.25) is 0 Å². The van der Waals surface area contributed by atoms with Crippen molar-refractivity contribution < 1.29 is 9.53 Å². The van der Waals surface area contributed by atoms with E-state index in [0.717, 1.165) is 19.3 Å². The summed E-state index contributed by atoms with van der Waals surface area (Å²) in [5.74, 6) is 0. The third-order valence-electron chi connectivity index (χ3n) is 2.06. The van der Waals surface area contributed by atoms with Crippen molar-refractivity contribution in [2.45, 2.75) is 52.1 Å². The Bertz CT molecular complexity index is 137. The van der Waals surface area contributed by atoms with Crippen molar-refractivity contribution >= 4 is 6.09 Å². The van der Waals surface area contributed by atoms with Gasteiger partial charge in [0.25, 0.3) is 0 Å². The standard InChI is InChI=1S/C10H21NO2/c1-4-6-7-8-9(5-2)13-10(12)11-3/h9H,4-8H2,1-3H3,(H,11,12). The van der Waals surface area contributed by atoms with Crippen LogP contribution in [0.4, 0.5) is 4.79 Å². The van der Waals surface area contributed by atoms with Crippen molar-refractivity contribution in [1.29, 1.82) is 0 Å². The molecule has 0 radical (unpaired) electrons. The van der Waals surface area contributed by atoms with Crippen LogP contribution in [0.15, 0.2) is 0 Å². The molecule has 0 spiro atoms. The molecule has 0 fully saturated rings. The molecule has 78 valence electrons. The van der Waals surface area contributed by atoms with E-state index in [1.54, 1.807) is 7.05 Å². The lowest BCUT2D eigenvalue weighted by Crippen LogP contribution is -2.25. The van der Waals surface area contributed by atoms with Crippen LogP contribution in [0.25, 0.3) is 0 Å². The van der Waals surface area contributed by atoms with Gasteiger partial charge < -0.3 is 10.1 Å². The quantitative estimate of drug-likeness (QED) is 0.649. The predicted molar refractivity (Wildman–Crippen MR) is 53.8 cm³/mol. The summed E-state index contributed by atoms with van der Waals surface area (Å²) in [6.45, 7) is 4.21. The third-order valence-corrected chi connectivity index (χ3v) is 2.06. The zero-order valence-corrected chi connectivity index (χ0v) is 8.93. The maximum absolute atomic E-state index is 10.9. The van der Waals surface area contributed by atoms with Crippen molar-refractivity contribution in [2.75, 3.05) is 7.05 Å². The first kappa shape index (κ1) is 12.3. The van der Waals surface area contributed by atoms with Crippen LogP contribution in [0.3, 0.4) is 0 Å². The number of amides is 1. The van der Waals surface area contributed by atoms with Crippen LogP contribution in [-0.4, -0.2) is 19.2 Å². The van der Waals surface area contributed by atoms with Gasteiger partial charge in [-0.05, 0) is 19.3 Å². The summed E-state index contributed by atoms with van der Waals surface area (Å²) in [6.07, 6.45) is 5.22. The van der Waals surface area contributed by atoms with E-state index >= 15 is 0 Å². The molecule has 3 nitrogen and oxygen atoms in total. The molecule has 0 aromatic rings. The van der Waals surface area contributed by atoms with E-state index in [1.807, 2.05) is 6.92 Å². The first-order valence-electron chi connectivity index (χ1n) is 5.12. The van der Waals surface area contributed by atoms with E-state index in [0.29, 0.717) is 0 Å². The van der Waals surface area contributed by atoms with E-state index in [2.05, 4.69) is 12.2 Å². The average molecular weight is 187 g/mol.